The molecule has 10 nitrogen and oxygen atoms in total. The van der Waals surface area contributed by atoms with Crippen molar-refractivity contribution in [1.82, 2.24) is 40.0 Å². The van der Waals surface area contributed by atoms with Crippen LogP contribution in [-0.4, -0.2) is 40.6 Å². The summed E-state index contributed by atoms with van der Waals surface area (Å²) in [5.41, 5.74) is 4.16. The molecule has 1 aromatic carbocycles. The Bertz CT molecular complexity index is 1320. The highest BCUT2D eigenvalue weighted by Crippen LogP contribution is 2.28. The molecule has 0 aliphatic heterocycles. The van der Waals surface area contributed by atoms with Crippen molar-refractivity contribution in [1.29, 1.82) is 0 Å². The number of aryl methyl sites for hydroxylation is 2. The molecule has 3 heterocycles. The Morgan fingerprint density at radius 3 is 2.97 bits per heavy atom. The van der Waals surface area contributed by atoms with Crippen LogP contribution in [0.15, 0.2) is 49.1 Å². The van der Waals surface area contributed by atoms with Crippen molar-refractivity contribution in [2.45, 2.75) is 38.8 Å². The van der Waals surface area contributed by atoms with E-state index >= 15 is 0 Å². The van der Waals surface area contributed by atoms with E-state index in [1.54, 1.807) is 12.3 Å². The molecule has 172 valence electrons. The summed E-state index contributed by atoms with van der Waals surface area (Å²) in [5, 5.41) is 15.0. The number of hydrogen-bond acceptors (Lipinski definition) is 8. The first-order chi connectivity index (χ1) is 16.6. The van der Waals surface area contributed by atoms with Gasteiger partial charge in [0, 0.05) is 41.9 Å². The van der Waals surface area contributed by atoms with E-state index in [4.69, 9.17) is 0 Å². The summed E-state index contributed by atoms with van der Waals surface area (Å²) in [6.45, 7) is 2.34. The number of anilines is 1. The van der Waals surface area contributed by atoms with Crippen molar-refractivity contribution in [3.05, 3.63) is 77.5 Å². The van der Waals surface area contributed by atoms with Gasteiger partial charge in [0.25, 0.3) is 5.91 Å². The molecule has 0 saturated carbocycles. The second-order valence-electron chi connectivity index (χ2n) is 8.27. The molecule has 0 saturated heterocycles. The lowest BCUT2D eigenvalue weighted by Crippen LogP contribution is -2.31. The van der Waals surface area contributed by atoms with Crippen LogP contribution >= 0.6 is 0 Å². The summed E-state index contributed by atoms with van der Waals surface area (Å²) in [6.07, 6.45) is 7.79. The molecule has 10 heteroatoms. The number of amides is 1. The van der Waals surface area contributed by atoms with Crippen LogP contribution in [0.3, 0.4) is 0 Å². The first-order valence-corrected chi connectivity index (χ1v) is 11.2. The Morgan fingerprint density at radius 2 is 2.12 bits per heavy atom. The standard InChI is InChI=1S/C24H25N9O/c1-15-26-12-18-19(29-15)7-4-8-20(18)30-24(34)16-5-3-6-17(11-16)27-13-22-31-32-23(33(22)2)21-9-10-25-14-28-21/h3,5-6,9-12,14,20,27H,4,7-8,13H2,1-2H3,(H,30,34). The molecule has 0 bridgehead atoms. The third-order valence-electron chi connectivity index (χ3n) is 5.96. The summed E-state index contributed by atoms with van der Waals surface area (Å²) < 4.78 is 1.89. The molecule has 1 unspecified atom stereocenters. The molecule has 0 radical (unpaired) electrons. The van der Waals surface area contributed by atoms with Crippen molar-refractivity contribution >= 4 is 11.6 Å². The minimum atomic E-state index is -0.119. The summed E-state index contributed by atoms with van der Waals surface area (Å²) >= 11 is 0. The highest BCUT2D eigenvalue weighted by molar-refractivity contribution is 5.95. The smallest absolute Gasteiger partial charge is 0.251 e. The van der Waals surface area contributed by atoms with Crippen LogP contribution in [0.1, 0.15) is 52.1 Å². The Kier molecular flexibility index (Phi) is 5.94. The summed E-state index contributed by atoms with van der Waals surface area (Å²) in [7, 11) is 1.89. The van der Waals surface area contributed by atoms with Gasteiger partial charge in [-0.2, -0.15) is 0 Å². The summed E-state index contributed by atoms with van der Waals surface area (Å²) in [5.74, 6) is 2.06. The van der Waals surface area contributed by atoms with Crippen LogP contribution in [-0.2, 0) is 20.0 Å². The molecular weight excluding hydrogens is 430 g/mol. The number of nitrogens with one attached hydrogen (secondary N) is 2. The van der Waals surface area contributed by atoms with E-state index in [0.717, 1.165) is 47.9 Å². The minimum Gasteiger partial charge on any atom is -0.378 e. The van der Waals surface area contributed by atoms with Gasteiger partial charge in [0.2, 0.25) is 0 Å². The lowest BCUT2D eigenvalue weighted by molar-refractivity contribution is 0.0932. The largest absolute Gasteiger partial charge is 0.378 e. The van der Waals surface area contributed by atoms with E-state index in [2.05, 4.69) is 40.8 Å². The van der Waals surface area contributed by atoms with Gasteiger partial charge < -0.3 is 15.2 Å². The fourth-order valence-electron chi connectivity index (χ4n) is 4.15. The number of rotatable bonds is 6. The van der Waals surface area contributed by atoms with Crippen molar-refractivity contribution in [3.8, 4) is 11.5 Å². The number of hydrogen-bond donors (Lipinski definition) is 2. The molecule has 1 atom stereocenters. The van der Waals surface area contributed by atoms with Crippen molar-refractivity contribution in [2.75, 3.05) is 5.32 Å². The number of benzene rings is 1. The van der Waals surface area contributed by atoms with Crippen molar-refractivity contribution in [3.63, 3.8) is 0 Å². The fourth-order valence-corrected chi connectivity index (χ4v) is 4.15. The van der Waals surface area contributed by atoms with Gasteiger partial charge >= 0.3 is 0 Å². The Labute approximate surface area is 196 Å². The van der Waals surface area contributed by atoms with Crippen LogP contribution < -0.4 is 10.6 Å². The molecule has 34 heavy (non-hydrogen) atoms. The number of fused-ring (bicyclic) bond motifs is 1. The van der Waals surface area contributed by atoms with Gasteiger partial charge in [-0.25, -0.2) is 19.9 Å². The maximum atomic E-state index is 13.0. The molecule has 2 N–H and O–H groups in total. The maximum absolute atomic E-state index is 13.0. The van der Waals surface area contributed by atoms with Crippen molar-refractivity contribution in [2.24, 2.45) is 7.05 Å². The second kappa shape index (κ2) is 9.34. The van der Waals surface area contributed by atoms with E-state index in [0.29, 0.717) is 23.6 Å². The molecule has 3 aromatic heterocycles. The average molecular weight is 456 g/mol. The Balaban J connectivity index is 1.26. The van der Waals surface area contributed by atoms with E-state index < -0.39 is 0 Å². The molecule has 1 aliphatic rings. The van der Waals surface area contributed by atoms with Gasteiger partial charge in [-0.15, -0.1) is 10.2 Å². The lowest BCUT2D eigenvalue weighted by atomic mass is 9.92. The first-order valence-electron chi connectivity index (χ1n) is 11.2. The zero-order chi connectivity index (χ0) is 23.5. The van der Waals surface area contributed by atoms with Gasteiger partial charge in [-0.1, -0.05) is 6.07 Å². The molecule has 0 spiro atoms. The molecule has 0 fully saturated rings. The van der Waals surface area contributed by atoms with E-state index in [-0.39, 0.29) is 11.9 Å². The predicted octanol–water partition coefficient (Wildman–Crippen LogP) is 2.79. The second-order valence-corrected chi connectivity index (χ2v) is 8.27. The summed E-state index contributed by atoms with van der Waals surface area (Å²) in [6, 6.07) is 9.15. The SMILES string of the molecule is Cc1ncc2c(n1)CCCC2NC(=O)c1cccc(NCc2nnc(-c3ccncn3)n2C)c1. The van der Waals surface area contributed by atoms with E-state index in [1.165, 1.54) is 6.33 Å². The van der Waals surface area contributed by atoms with Crippen LogP contribution in [0, 0.1) is 6.92 Å². The predicted molar refractivity (Wildman–Crippen MR) is 126 cm³/mol. The molecule has 5 rings (SSSR count). The maximum Gasteiger partial charge on any atom is 0.251 e. The third kappa shape index (κ3) is 4.47. The van der Waals surface area contributed by atoms with Crippen LogP contribution in [0.5, 0.6) is 0 Å². The number of nitrogens with zero attached hydrogens (tertiary/aromatic N) is 7. The highest BCUT2D eigenvalue weighted by atomic mass is 16.1. The average Bonchev–Trinajstić information content (AvgIpc) is 3.23. The van der Waals surface area contributed by atoms with Gasteiger partial charge in [-0.05, 0) is 50.5 Å². The molecular formula is C24H25N9O. The van der Waals surface area contributed by atoms with Crippen molar-refractivity contribution < 1.29 is 4.79 Å². The van der Waals surface area contributed by atoms with Gasteiger partial charge in [0.05, 0.1) is 12.6 Å². The Hall–Kier alpha value is -4.21. The van der Waals surface area contributed by atoms with Crippen LogP contribution in [0.25, 0.3) is 11.5 Å². The van der Waals surface area contributed by atoms with Crippen LogP contribution in [0.2, 0.25) is 0 Å². The lowest BCUT2D eigenvalue weighted by Gasteiger charge is -2.25. The monoisotopic (exact) mass is 455 g/mol. The highest BCUT2D eigenvalue weighted by Gasteiger charge is 2.24. The molecule has 1 aliphatic carbocycles. The molecule has 4 aromatic rings. The fraction of sp³-hybridized carbons (Fsp3) is 0.292. The minimum absolute atomic E-state index is 0.0766. The zero-order valence-corrected chi connectivity index (χ0v) is 19.1. The zero-order valence-electron chi connectivity index (χ0n) is 19.1. The van der Waals surface area contributed by atoms with Crippen LogP contribution in [0.4, 0.5) is 5.69 Å². The van der Waals surface area contributed by atoms with Gasteiger partial charge in [-0.3, -0.25) is 4.79 Å². The topological polar surface area (TPSA) is 123 Å². The summed E-state index contributed by atoms with van der Waals surface area (Å²) in [4.78, 5) is 30.1. The van der Waals surface area contributed by atoms with Gasteiger partial charge in [0.1, 0.15) is 17.8 Å². The number of carbonyl (C=O) groups excluding carboxylic acids is 1. The van der Waals surface area contributed by atoms with E-state index in [1.807, 2.05) is 49.0 Å². The Morgan fingerprint density at radius 1 is 1.21 bits per heavy atom. The van der Waals surface area contributed by atoms with E-state index in [9.17, 15) is 4.79 Å². The normalized spacial score (nSPS) is 14.9. The quantitative estimate of drug-likeness (QED) is 0.455. The first kappa shape index (κ1) is 21.6. The molecule has 1 amide bonds. The van der Waals surface area contributed by atoms with Gasteiger partial charge in [0.15, 0.2) is 11.6 Å². The third-order valence-corrected chi connectivity index (χ3v) is 5.96. The number of carbonyl (C=O) groups is 1. The number of aromatic nitrogens is 7.